The fourth-order valence-corrected chi connectivity index (χ4v) is 6.20. The summed E-state index contributed by atoms with van der Waals surface area (Å²) in [5, 5.41) is 5.12. The zero-order valence-electron chi connectivity index (χ0n) is 21.7. The van der Waals surface area contributed by atoms with Crippen LogP contribution in [0.2, 0.25) is 15.1 Å². The molecule has 208 valence electrons. The molecule has 1 heterocycles. The van der Waals surface area contributed by atoms with Crippen LogP contribution in [0.1, 0.15) is 17.0 Å². The quantitative estimate of drug-likeness (QED) is 0.173. The molecule has 0 aliphatic heterocycles. The van der Waals surface area contributed by atoms with Gasteiger partial charge in [-0.25, -0.2) is 13.8 Å². The van der Waals surface area contributed by atoms with Crippen LogP contribution in [-0.2, 0) is 14.8 Å². The summed E-state index contributed by atoms with van der Waals surface area (Å²) in [5.74, 6) is -0.289. The molecule has 1 amide bonds. The van der Waals surface area contributed by atoms with E-state index in [4.69, 9.17) is 39.5 Å². The topological polar surface area (TPSA) is 93.0 Å². The Morgan fingerprint density at radius 2 is 1.73 bits per heavy atom. The Bertz CT molecular complexity index is 1690. The van der Waals surface area contributed by atoms with Gasteiger partial charge < -0.3 is 9.30 Å². The van der Waals surface area contributed by atoms with Crippen LogP contribution in [0.3, 0.4) is 0 Å². The Morgan fingerprint density at radius 3 is 2.40 bits per heavy atom. The first-order valence-corrected chi connectivity index (χ1v) is 14.5. The molecule has 4 rings (SSSR count). The minimum Gasteiger partial charge on any atom is -0.495 e. The summed E-state index contributed by atoms with van der Waals surface area (Å²) in [6.45, 7) is 3.25. The average Bonchev–Trinajstić information content (AvgIpc) is 3.21. The predicted octanol–water partition coefficient (Wildman–Crippen LogP) is 6.41. The summed E-state index contributed by atoms with van der Waals surface area (Å²) in [6.07, 6.45) is 1.48. The van der Waals surface area contributed by atoms with Crippen molar-refractivity contribution in [1.82, 2.24) is 9.99 Å². The van der Waals surface area contributed by atoms with E-state index in [1.165, 1.54) is 43.7 Å². The van der Waals surface area contributed by atoms with Gasteiger partial charge in [-0.05, 0) is 62.4 Å². The number of ether oxygens (including phenoxy) is 1. The molecule has 0 bridgehead atoms. The number of carbonyl (C=O) groups excluding carboxylic acids is 1. The standard InChI is InChI=1S/C28H25Cl3N4O4S/c1-18-14-20(19(2)35(18)25-11-7-10-23(29)28(25)31)16-32-33-27(36)17-34(21-12-13-26(39-3)24(30)15-21)40(37,38)22-8-5-4-6-9-22/h4-16H,17H2,1-3H3,(H,33,36)/b32-16-. The molecule has 1 aromatic heterocycles. The summed E-state index contributed by atoms with van der Waals surface area (Å²) in [6, 6.07) is 19.5. The SMILES string of the molecule is COc1ccc(N(CC(=O)N/N=C\c2cc(C)n(-c3cccc(Cl)c3Cl)c2C)S(=O)(=O)c2ccccc2)cc1Cl. The van der Waals surface area contributed by atoms with Gasteiger partial charge in [0.25, 0.3) is 15.9 Å². The number of hydrogen-bond acceptors (Lipinski definition) is 5. The van der Waals surface area contributed by atoms with Crippen molar-refractivity contribution in [3.8, 4) is 11.4 Å². The van der Waals surface area contributed by atoms with E-state index in [0.717, 1.165) is 21.3 Å². The van der Waals surface area contributed by atoms with E-state index < -0.39 is 22.5 Å². The highest BCUT2D eigenvalue weighted by Gasteiger charge is 2.27. The van der Waals surface area contributed by atoms with Gasteiger partial charge in [0.2, 0.25) is 0 Å². The smallest absolute Gasteiger partial charge is 0.264 e. The van der Waals surface area contributed by atoms with Gasteiger partial charge in [-0.1, -0.05) is 59.1 Å². The Labute approximate surface area is 247 Å². The van der Waals surface area contributed by atoms with E-state index in [0.29, 0.717) is 21.5 Å². The van der Waals surface area contributed by atoms with Gasteiger partial charge in [0.05, 0.1) is 44.7 Å². The van der Waals surface area contributed by atoms with Gasteiger partial charge in [-0.2, -0.15) is 5.10 Å². The number of benzene rings is 3. The molecule has 0 saturated carbocycles. The van der Waals surface area contributed by atoms with Crippen molar-refractivity contribution in [1.29, 1.82) is 0 Å². The number of nitrogens with zero attached hydrogens (tertiary/aromatic N) is 3. The Morgan fingerprint density at radius 1 is 1.00 bits per heavy atom. The lowest BCUT2D eigenvalue weighted by Gasteiger charge is -2.24. The van der Waals surface area contributed by atoms with Crippen LogP contribution in [0.15, 0.2) is 82.8 Å². The van der Waals surface area contributed by atoms with E-state index in [-0.39, 0.29) is 15.6 Å². The second kappa shape index (κ2) is 12.3. The fraction of sp³-hybridized carbons (Fsp3) is 0.143. The number of aryl methyl sites for hydroxylation is 1. The first-order valence-electron chi connectivity index (χ1n) is 11.9. The van der Waals surface area contributed by atoms with E-state index >= 15 is 0 Å². The fourth-order valence-electron chi connectivity index (χ4n) is 4.14. The lowest BCUT2D eigenvalue weighted by molar-refractivity contribution is -0.119. The van der Waals surface area contributed by atoms with E-state index in [1.54, 1.807) is 24.3 Å². The molecular weight excluding hydrogens is 595 g/mol. The van der Waals surface area contributed by atoms with Crippen LogP contribution < -0.4 is 14.5 Å². The molecule has 0 spiro atoms. The maximum atomic E-state index is 13.5. The maximum Gasteiger partial charge on any atom is 0.264 e. The number of amides is 1. The summed E-state index contributed by atoms with van der Waals surface area (Å²) < 4.78 is 35.1. The van der Waals surface area contributed by atoms with Crippen molar-refractivity contribution in [3.63, 3.8) is 0 Å². The van der Waals surface area contributed by atoms with Crippen molar-refractivity contribution in [3.05, 3.63) is 105 Å². The molecule has 0 atom stereocenters. The zero-order chi connectivity index (χ0) is 29.0. The van der Waals surface area contributed by atoms with E-state index in [1.807, 2.05) is 36.6 Å². The number of hydrazone groups is 1. The molecule has 1 N–H and O–H groups in total. The molecule has 0 fully saturated rings. The lowest BCUT2D eigenvalue weighted by atomic mass is 10.2. The largest absolute Gasteiger partial charge is 0.495 e. The summed E-state index contributed by atoms with van der Waals surface area (Å²) in [4.78, 5) is 13.0. The van der Waals surface area contributed by atoms with Crippen LogP contribution >= 0.6 is 34.8 Å². The van der Waals surface area contributed by atoms with Gasteiger partial charge in [0, 0.05) is 17.0 Å². The number of aromatic nitrogens is 1. The molecule has 40 heavy (non-hydrogen) atoms. The number of sulfonamides is 1. The molecule has 8 nitrogen and oxygen atoms in total. The van der Waals surface area contributed by atoms with Crippen LogP contribution in [-0.4, -0.2) is 38.8 Å². The zero-order valence-corrected chi connectivity index (χ0v) is 24.8. The number of rotatable bonds is 9. The van der Waals surface area contributed by atoms with Gasteiger partial charge >= 0.3 is 0 Å². The lowest BCUT2D eigenvalue weighted by Crippen LogP contribution is -2.39. The molecular formula is C28H25Cl3N4O4S. The summed E-state index contributed by atoms with van der Waals surface area (Å²) in [5.41, 5.74) is 5.75. The second-order valence-corrected chi connectivity index (χ2v) is 11.7. The number of anilines is 1. The van der Waals surface area contributed by atoms with Crippen LogP contribution in [0.5, 0.6) is 5.75 Å². The molecule has 0 aliphatic rings. The molecule has 4 aromatic rings. The Hall–Kier alpha value is -3.50. The van der Waals surface area contributed by atoms with Gasteiger partial charge in [-0.15, -0.1) is 0 Å². The molecule has 12 heteroatoms. The third kappa shape index (κ3) is 6.13. The first-order chi connectivity index (χ1) is 19.0. The van der Waals surface area contributed by atoms with Gasteiger partial charge in [0.15, 0.2) is 0 Å². The predicted molar refractivity (Wildman–Crippen MR) is 160 cm³/mol. The first kappa shape index (κ1) is 29.5. The third-order valence-corrected chi connectivity index (χ3v) is 8.97. The Kier molecular flexibility index (Phi) is 9.10. The highest BCUT2D eigenvalue weighted by Crippen LogP contribution is 2.33. The maximum absolute atomic E-state index is 13.5. The molecule has 0 saturated heterocycles. The van der Waals surface area contributed by atoms with Gasteiger partial charge in [0.1, 0.15) is 12.3 Å². The average molecular weight is 620 g/mol. The van der Waals surface area contributed by atoms with Crippen molar-refractivity contribution in [2.24, 2.45) is 5.10 Å². The normalized spacial score (nSPS) is 11.6. The molecule has 3 aromatic carbocycles. The van der Waals surface area contributed by atoms with Crippen molar-refractivity contribution in [2.75, 3.05) is 18.0 Å². The highest BCUT2D eigenvalue weighted by atomic mass is 35.5. The second-order valence-electron chi connectivity index (χ2n) is 8.67. The number of halogens is 3. The summed E-state index contributed by atoms with van der Waals surface area (Å²) >= 11 is 18.9. The molecule has 0 aliphatic carbocycles. The van der Waals surface area contributed by atoms with E-state index in [2.05, 4.69) is 10.5 Å². The minimum absolute atomic E-state index is 0.0188. The van der Waals surface area contributed by atoms with E-state index in [9.17, 15) is 13.2 Å². The third-order valence-electron chi connectivity index (χ3n) is 6.08. The highest BCUT2D eigenvalue weighted by molar-refractivity contribution is 7.92. The van der Waals surface area contributed by atoms with Gasteiger partial charge in [-0.3, -0.25) is 9.10 Å². The number of hydrogen-bond donors (Lipinski definition) is 1. The molecule has 0 radical (unpaired) electrons. The van der Waals surface area contributed by atoms with Crippen molar-refractivity contribution in [2.45, 2.75) is 18.7 Å². The van der Waals surface area contributed by atoms with Crippen LogP contribution in [0.4, 0.5) is 5.69 Å². The summed E-state index contributed by atoms with van der Waals surface area (Å²) in [7, 11) is -2.67. The van der Waals surface area contributed by atoms with Crippen molar-refractivity contribution >= 4 is 62.6 Å². The number of nitrogens with one attached hydrogen (secondary N) is 1. The number of carbonyl (C=O) groups is 1. The number of methoxy groups -OCH3 is 1. The minimum atomic E-state index is -4.12. The van der Waals surface area contributed by atoms with Crippen LogP contribution in [0.25, 0.3) is 5.69 Å². The monoisotopic (exact) mass is 618 g/mol. The Balaban J connectivity index is 1.58. The van der Waals surface area contributed by atoms with Crippen molar-refractivity contribution < 1.29 is 17.9 Å². The molecule has 0 unspecified atom stereocenters. The van der Waals surface area contributed by atoms with Crippen LogP contribution in [0, 0.1) is 13.8 Å².